The summed E-state index contributed by atoms with van der Waals surface area (Å²) in [5.74, 6) is 2.54. The zero-order valence-corrected chi connectivity index (χ0v) is 7.69. The van der Waals surface area contributed by atoms with Gasteiger partial charge in [-0.25, -0.2) is 0 Å². The minimum atomic E-state index is 0.816. The molecule has 2 bridgehead atoms. The molecule has 0 spiro atoms. The topological polar surface area (TPSA) is 0 Å². The van der Waals surface area contributed by atoms with Crippen LogP contribution in [0.1, 0.15) is 24.3 Å². The Morgan fingerprint density at radius 2 is 1.77 bits per heavy atom. The Labute approximate surface area is 79.3 Å². The molecule has 1 fully saturated rings. The van der Waals surface area contributed by atoms with Crippen LogP contribution >= 0.6 is 0 Å². The van der Waals surface area contributed by atoms with Crippen LogP contribution in [0, 0.1) is 11.8 Å². The molecule has 3 rings (SSSR count). The summed E-state index contributed by atoms with van der Waals surface area (Å²) >= 11 is 0. The highest BCUT2D eigenvalue weighted by molar-refractivity contribution is 5.27. The maximum Gasteiger partial charge on any atom is -0.00932 e. The fourth-order valence-corrected chi connectivity index (χ4v) is 2.86. The molecule has 2 aliphatic carbocycles. The SMILES string of the molecule is C1=C[C@@H]2C[C@H]1C[C@@H]2c1ccccc1. The van der Waals surface area contributed by atoms with Gasteiger partial charge in [0.05, 0.1) is 0 Å². The Morgan fingerprint density at radius 1 is 0.923 bits per heavy atom. The number of hydrogen-bond acceptors (Lipinski definition) is 0. The molecule has 2 aliphatic rings. The Balaban J connectivity index is 1.92. The van der Waals surface area contributed by atoms with Gasteiger partial charge >= 0.3 is 0 Å². The van der Waals surface area contributed by atoms with E-state index in [9.17, 15) is 0 Å². The minimum Gasteiger partial charge on any atom is -0.0851 e. The van der Waals surface area contributed by atoms with Crippen LogP contribution in [0.25, 0.3) is 0 Å². The van der Waals surface area contributed by atoms with Gasteiger partial charge in [-0.1, -0.05) is 42.5 Å². The molecule has 66 valence electrons. The number of rotatable bonds is 1. The Morgan fingerprint density at radius 3 is 2.38 bits per heavy atom. The van der Waals surface area contributed by atoms with E-state index in [1.165, 1.54) is 12.8 Å². The number of benzene rings is 1. The van der Waals surface area contributed by atoms with Crippen molar-refractivity contribution in [1.82, 2.24) is 0 Å². The van der Waals surface area contributed by atoms with Crippen molar-refractivity contribution < 1.29 is 0 Å². The van der Waals surface area contributed by atoms with Crippen molar-refractivity contribution in [1.29, 1.82) is 0 Å². The van der Waals surface area contributed by atoms with Gasteiger partial charge < -0.3 is 0 Å². The van der Waals surface area contributed by atoms with Crippen LogP contribution in [0.4, 0.5) is 0 Å². The summed E-state index contributed by atoms with van der Waals surface area (Å²) < 4.78 is 0. The summed E-state index contributed by atoms with van der Waals surface area (Å²) in [4.78, 5) is 0. The van der Waals surface area contributed by atoms with Crippen LogP contribution in [0.2, 0.25) is 0 Å². The molecule has 1 aromatic carbocycles. The largest absolute Gasteiger partial charge is 0.0851 e. The van der Waals surface area contributed by atoms with E-state index in [4.69, 9.17) is 0 Å². The first-order valence-electron chi connectivity index (χ1n) is 5.17. The lowest BCUT2D eigenvalue weighted by molar-refractivity contribution is 0.585. The van der Waals surface area contributed by atoms with Crippen LogP contribution in [-0.4, -0.2) is 0 Å². The molecule has 13 heavy (non-hydrogen) atoms. The first kappa shape index (κ1) is 7.37. The van der Waals surface area contributed by atoms with E-state index in [2.05, 4.69) is 42.5 Å². The van der Waals surface area contributed by atoms with E-state index in [0.29, 0.717) is 0 Å². The molecule has 0 heteroatoms. The third-order valence-electron chi connectivity index (χ3n) is 3.51. The smallest absolute Gasteiger partial charge is 0.00932 e. The second-order valence-electron chi connectivity index (χ2n) is 4.30. The normalized spacial score (nSPS) is 35.5. The van der Waals surface area contributed by atoms with Crippen LogP contribution in [0.15, 0.2) is 42.5 Å². The minimum absolute atomic E-state index is 0.816. The Kier molecular flexibility index (Phi) is 1.55. The van der Waals surface area contributed by atoms with Gasteiger partial charge in [0.2, 0.25) is 0 Å². The fraction of sp³-hybridized carbons (Fsp3) is 0.385. The highest BCUT2D eigenvalue weighted by Gasteiger charge is 2.35. The number of allylic oxidation sites excluding steroid dienone is 2. The molecule has 0 unspecified atom stereocenters. The lowest BCUT2D eigenvalue weighted by Gasteiger charge is -2.17. The summed E-state index contributed by atoms with van der Waals surface area (Å²) in [6.07, 6.45) is 7.61. The van der Waals surface area contributed by atoms with E-state index >= 15 is 0 Å². The Bertz CT molecular complexity index is 323. The predicted molar refractivity (Wildman–Crippen MR) is 54.5 cm³/mol. The van der Waals surface area contributed by atoms with Crippen LogP contribution in [0.3, 0.4) is 0 Å². The van der Waals surface area contributed by atoms with Crippen molar-refractivity contribution in [2.75, 3.05) is 0 Å². The van der Waals surface area contributed by atoms with E-state index < -0.39 is 0 Å². The highest BCUT2D eigenvalue weighted by atomic mass is 14.4. The monoisotopic (exact) mass is 170 g/mol. The van der Waals surface area contributed by atoms with Gasteiger partial charge in [-0.3, -0.25) is 0 Å². The summed E-state index contributed by atoms with van der Waals surface area (Å²) in [7, 11) is 0. The van der Waals surface area contributed by atoms with Crippen molar-refractivity contribution in [3.8, 4) is 0 Å². The first-order chi connectivity index (χ1) is 6.43. The summed E-state index contributed by atoms with van der Waals surface area (Å²) in [6.45, 7) is 0. The summed E-state index contributed by atoms with van der Waals surface area (Å²) in [6, 6.07) is 11.0. The molecule has 0 aliphatic heterocycles. The molecule has 0 amide bonds. The zero-order valence-electron chi connectivity index (χ0n) is 7.69. The average molecular weight is 170 g/mol. The molecule has 0 saturated heterocycles. The van der Waals surface area contributed by atoms with E-state index in [1.54, 1.807) is 5.56 Å². The van der Waals surface area contributed by atoms with Gasteiger partial charge in [0, 0.05) is 0 Å². The molecule has 3 atom stereocenters. The lowest BCUT2D eigenvalue weighted by atomic mass is 9.87. The summed E-state index contributed by atoms with van der Waals surface area (Å²) in [5.41, 5.74) is 1.54. The van der Waals surface area contributed by atoms with Crippen LogP contribution in [-0.2, 0) is 0 Å². The second-order valence-corrected chi connectivity index (χ2v) is 4.30. The predicted octanol–water partition coefficient (Wildman–Crippen LogP) is 3.37. The molecular weight excluding hydrogens is 156 g/mol. The van der Waals surface area contributed by atoms with E-state index in [1.807, 2.05) is 0 Å². The van der Waals surface area contributed by atoms with Crippen molar-refractivity contribution in [3.63, 3.8) is 0 Å². The van der Waals surface area contributed by atoms with Crippen LogP contribution < -0.4 is 0 Å². The molecule has 0 radical (unpaired) electrons. The van der Waals surface area contributed by atoms with Crippen LogP contribution in [0.5, 0.6) is 0 Å². The maximum atomic E-state index is 2.42. The molecule has 0 aromatic heterocycles. The van der Waals surface area contributed by atoms with Gasteiger partial charge in [0.1, 0.15) is 0 Å². The Hall–Kier alpha value is -1.04. The first-order valence-corrected chi connectivity index (χ1v) is 5.17. The van der Waals surface area contributed by atoms with Crippen molar-refractivity contribution in [2.24, 2.45) is 11.8 Å². The average Bonchev–Trinajstić information content (AvgIpc) is 2.80. The van der Waals surface area contributed by atoms with Crippen molar-refractivity contribution >= 4 is 0 Å². The van der Waals surface area contributed by atoms with Gasteiger partial charge in [-0.05, 0) is 36.2 Å². The second kappa shape index (κ2) is 2.73. The van der Waals surface area contributed by atoms with E-state index in [-0.39, 0.29) is 0 Å². The van der Waals surface area contributed by atoms with Gasteiger partial charge in [-0.15, -0.1) is 0 Å². The van der Waals surface area contributed by atoms with E-state index in [0.717, 1.165) is 17.8 Å². The quantitative estimate of drug-likeness (QED) is 0.567. The molecule has 0 N–H and O–H groups in total. The third-order valence-corrected chi connectivity index (χ3v) is 3.51. The van der Waals surface area contributed by atoms with Crippen molar-refractivity contribution in [2.45, 2.75) is 18.8 Å². The molecule has 0 nitrogen and oxygen atoms in total. The summed E-state index contributed by atoms with van der Waals surface area (Å²) in [5, 5.41) is 0. The maximum absolute atomic E-state index is 2.42. The number of hydrogen-bond donors (Lipinski definition) is 0. The molecular formula is C13H14. The fourth-order valence-electron chi connectivity index (χ4n) is 2.86. The molecule has 0 heterocycles. The number of fused-ring (bicyclic) bond motifs is 2. The third kappa shape index (κ3) is 1.13. The lowest BCUT2D eigenvalue weighted by Crippen LogP contribution is -2.04. The van der Waals surface area contributed by atoms with Crippen molar-refractivity contribution in [3.05, 3.63) is 48.0 Å². The standard InChI is InChI=1S/C13H14/c1-2-4-11(5-3-1)13-9-10-6-7-12(13)8-10/h1-7,10,12-13H,8-9H2/t10-,12+,13+/m0/s1. The molecule has 1 saturated carbocycles. The zero-order chi connectivity index (χ0) is 8.67. The van der Waals surface area contributed by atoms with Gasteiger partial charge in [-0.2, -0.15) is 0 Å². The van der Waals surface area contributed by atoms with Gasteiger partial charge in [0.15, 0.2) is 0 Å². The molecule has 1 aromatic rings. The van der Waals surface area contributed by atoms with Gasteiger partial charge in [0.25, 0.3) is 0 Å². The highest BCUT2D eigenvalue weighted by Crippen LogP contribution is 2.48.